The smallest absolute Gasteiger partial charge is 0.139 e. The molecule has 5 heteroatoms. The van der Waals surface area contributed by atoms with Crippen LogP contribution in [-0.4, -0.2) is 10.2 Å². The molecule has 2 aromatic carbocycles. The molecule has 0 saturated carbocycles. The van der Waals surface area contributed by atoms with Crippen molar-refractivity contribution in [2.24, 2.45) is 0 Å². The molecule has 0 aliphatic heterocycles. The molecule has 1 heterocycles. The lowest BCUT2D eigenvalue weighted by atomic mass is 10.1. The number of nitrogens with zero attached hydrogens (tertiary/aromatic N) is 2. The Labute approximate surface area is 137 Å². The fourth-order valence-corrected chi connectivity index (χ4v) is 3.41. The van der Waals surface area contributed by atoms with Crippen LogP contribution in [0.15, 0.2) is 54.6 Å². The van der Waals surface area contributed by atoms with E-state index >= 15 is 0 Å². The Kier molecular flexibility index (Phi) is 4.54. The molecule has 1 atom stereocenters. The molecule has 3 rings (SSSR count). The predicted molar refractivity (Wildman–Crippen MR) is 88.3 cm³/mol. The van der Waals surface area contributed by atoms with Crippen LogP contribution in [0.4, 0.5) is 0 Å². The SMILES string of the molecule is Clc1ccccc1Cc1nnc(C(Cl)c2ccccc2)s1. The number of hydrogen-bond acceptors (Lipinski definition) is 3. The maximum absolute atomic E-state index is 6.46. The van der Waals surface area contributed by atoms with Crippen LogP contribution in [0.2, 0.25) is 5.02 Å². The first kappa shape index (κ1) is 14.5. The highest BCUT2D eigenvalue weighted by Gasteiger charge is 2.16. The van der Waals surface area contributed by atoms with Gasteiger partial charge in [0.05, 0.1) is 0 Å². The zero-order chi connectivity index (χ0) is 14.7. The van der Waals surface area contributed by atoms with Crippen molar-refractivity contribution in [3.8, 4) is 0 Å². The predicted octanol–water partition coefficient (Wildman–Crippen LogP) is 5.11. The van der Waals surface area contributed by atoms with E-state index in [4.69, 9.17) is 23.2 Å². The molecule has 21 heavy (non-hydrogen) atoms. The van der Waals surface area contributed by atoms with E-state index < -0.39 is 0 Å². The molecule has 0 saturated heterocycles. The summed E-state index contributed by atoms with van der Waals surface area (Å²) in [6, 6.07) is 17.7. The van der Waals surface area contributed by atoms with Gasteiger partial charge in [-0.25, -0.2) is 0 Å². The van der Waals surface area contributed by atoms with Gasteiger partial charge < -0.3 is 0 Å². The van der Waals surface area contributed by atoms with Gasteiger partial charge in [-0.05, 0) is 17.2 Å². The summed E-state index contributed by atoms with van der Waals surface area (Å²) < 4.78 is 0. The second-order valence-corrected chi connectivity index (χ2v) is 6.51. The molecular formula is C16H12Cl2N2S. The van der Waals surface area contributed by atoms with Gasteiger partial charge >= 0.3 is 0 Å². The zero-order valence-electron chi connectivity index (χ0n) is 11.0. The van der Waals surface area contributed by atoms with Gasteiger partial charge in [0, 0.05) is 11.4 Å². The van der Waals surface area contributed by atoms with Crippen LogP contribution in [0.3, 0.4) is 0 Å². The molecule has 3 aromatic rings. The van der Waals surface area contributed by atoms with Gasteiger partial charge in [0.2, 0.25) is 0 Å². The normalized spacial score (nSPS) is 12.3. The molecule has 0 bridgehead atoms. The highest BCUT2D eigenvalue weighted by Crippen LogP contribution is 2.31. The summed E-state index contributed by atoms with van der Waals surface area (Å²) in [5.74, 6) is 0. The monoisotopic (exact) mass is 334 g/mol. The minimum atomic E-state index is -0.260. The van der Waals surface area contributed by atoms with Crippen molar-refractivity contribution in [1.82, 2.24) is 10.2 Å². The van der Waals surface area contributed by atoms with Gasteiger partial charge in [-0.1, -0.05) is 71.5 Å². The molecule has 1 aromatic heterocycles. The highest BCUT2D eigenvalue weighted by atomic mass is 35.5. The van der Waals surface area contributed by atoms with E-state index in [2.05, 4.69) is 10.2 Å². The van der Waals surface area contributed by atoms with Gasteiger partial charge in [0.1, 0.15) is 15.4 Å². The van der Waals surface area contributed by atoms with Crippen molar-refractivity contribution in [2.45, 2.75) is 11.8 Å². The molecule has 0 aliphatic rings. The van der Waals surface area contributed by atoms with Crippen molar-refractivity contribution in [3.05, 3.63) is 80.8 Å². The van der Waals surface area contributed by atoms with Crippen molar-refractivity contribution in [1.29, 1.82) is 0 Å². The van der Waals surface area contributed by atoms with Gasteiger partial charge in [0.15, 0.2) is 0 Å². The first-order chi connectivity index (χ1) is 10.2. The lowest BCUT2D eigenvalue weighted by molar-refractivity contribution is 0.947. The third-order valence-electron chi connectivity index (χ3n) is 3.09. The highest BCUT2D eigenvalue weighted by molar-refractivity contribution is 7.11. The first-order valence-corrected chi connectivity index (χ1v) is 8.12. The summed E-state index contributed by atoms with van der Waals surface area (Å²) in [6.45, 7) is 0. The average Bonchev–Trinajstić information content (AvgIpc) is 2.98. The Hall–Kier alpha value is -1.42. The van der Waals surface area contributed by atoms with Crippen molar-refractivity contribution < 1.29 is 0 Å². The van der Waals surface area contributed by atoms with Crippen LogP contribution < -0.4 is 0 Å². The quantitative estimate of drug-likeness (QED) is 0.619. The summed E-state index contributed by atoms with van der Waals surface area (Å²) in [4.78, 5) is 0. The van der Waals surface area contributed by atoms with Crippen molar-refractivity contribution >= 4 is 34.5 Å². The maximum Gasteiger partial charge on any atom is 0.139 e. The van der Waals surface area contributed by atoms with Crippen molar-refractivity contribution in [2.75, 3.05) is 0 Å². The molecule has 1 unspecified atom stereocenters. The van der Waals surface area contributed by atoms with E-state index in [9.17, 15) is 0 Å². The maximum atomic E-state index is 6.46. The Bertz CT molecular complexity index is 728. The molecule has 0 N–H and O–H groups in total. The fourth-order valence-electron chi connectivity index (χ4n) is 2.01. The van der Waals surface area contributed by atoms with Gasteiger partial charge in [-0.2, -0.15) is 0 Å². The summed E-state index contributed by atoms with van der Waals surface area (Å²) in [7, 11) is 0. The number of halogens is 2. The van der Waals surface area contributed by atoms with Crippen LogP contribution in [0.5, 0.6) is 0 Å². The molecular weight excluding hydrogens is 323 g/mol. The summed E-state index contributed by atoms with van der Waals surface area (Å²) >= 11 is 14.2. The van der Waals surface area contributed by atoms with Crippen LogP contribution in [0.25, 0.3) is 0 Å². The average molecular weight is 335 g/mol. The van der Waals surface area contributed by atoms with Crippen molar-refractivity contribution in [3.63, 3.8) is 0 Å². The molecule has 0 spiro atoms. The van der Waals surface area contributed by atoms with Crippen LogP contribution in [0.1, 0.15) is 26.5 Å². The number of alkyl halides is 1. The first-order valence-electron chi connectivity index (χ1n) is 6.49. The lowest BCUT2D eigenvalue weighted by Crippen LogP contribution is -1.91. The minimum Gasteiger partial charge on any atom is -0.143 e. The summed E-state index contributed by atoms with van der Waals surface area (Å²) in [5, 5.41) is 10.7. The Morgan fingerprint density at radius 3 is 2.43 bits per heavy atom. The number of hydrogen-bond donors (Lipinski definition) is 0. The largest absolute Gasteiger partial charge is 0.143 e. The Morgan fingerprint density at radius 2 is 1.67 bits per heavy atom. The second kappa shape index (κ2) is 6.56. The lowest BCUT2D eigenvalue weighted by Gasteiger charge is -2.04. The molecule has 106 valence electrons. The van der Waals surface area contributed by atoms with Gasteiger partial charge in [-0.15, -0.1) is 21.8 Å². The third-order valence-corrected chi connectivity index (χ3v) is 5.04. The molecule has 0 radical (unpaired) electrons. The molecule has 0 fully saturated rings. The van der Waals surface area contributed by atoms with E-state index in [0.29, 0.717) is 6.42 Å². The molecule has 0 amide bonds. The number of benzene rings is 2. The van der Waals surface area contributed by atoms with E-state index in [1.807, 2.05) is 54.6 Å². The van der Waals surface area contributed by atoms with Gasteiger partial charge in [0.25, 0.3) is 0 Å². The van der Waals surface area contributed by atoms with Gasteiger partial charge in [-0.3, -0.25) is 0 Å². The van der Waals surface area contributed by atoms with Crippen LogP contribution in [-0.2, 0) is 6.42 Å². The molecule has 0 aliphatic carbocycles. The topological polar surface area (TPSA) is 25.8 Å². The standard InChI is InChI=1S/C16H12Cl2N2S/c17-13-9-5-4-8-12(13)10-14-19-20-16(21-14)15(18)11-6-2-1-3-7-11/h1-9,15H,10H2. The van der Waals surface area contributed by atoms with E-state index in [1.54, 1.807) is 0 Å². The Balaban J connectivity index is 1.79. The fraction of sp³-hybridized carbons (Fsp3) is 0.125. The van der Waals surface area contributed by atoms with Crippen LogP contribution >= 0.6 is 34.5 Å². The Morgan fingerprint density at radius 1 is 0.952 bits per heavy atom. The third kappa shape index (κ3) is 3.43. The zero-order valence-corrected chi connectivity index (χ0v) is 13.4. The molecule has 2 nitrogen and oxygen atoms in total. The number of aromatic nitrogens is 2. The van der Waals surface area contributed by atoms with Crippen LogP contribution in [0, 0.1) is 0 Å². The van der Waals surface area contributed by atoms with E-state index in [1.165, 1.54) is 11.3 Å². The summed E-state index contributed by atoms with van der Waals surface area (Å²) in [5.41, 5.74) is 2.08. The second-order valence-electron chi connectivity index (χ2n) is 4.58. The van der Waals surface area contributed by atoms with E-state index in [-0.39, 0.29) is 5.38 Å². The van der Waals surface area contributed by atoms with E-state index in [0.717, 1.165) is 26.2 Å². The summed E-state index contributed by atoms with van der Waals surface area (Å²) in [6.07, 6.45) is 0.676. The minimum absolute atomic E-state index is 0.260. The number of rotatable bonds is 4.